The lowest BCUT2D eigenvalue weighted by Gasteiger charge is -2.53. The van der Waals surface area contributed by atoms with Gasteiger partial charge in [0.1, 0.15) is 11.5 Å². The smallest absolute Gasteiger partial charge is 0.108 e. The second-order valence-corrected chi connectivity index (χ2v) is 7.41. The van der Waals surface area contributed by atoms with Gasteiger partial charge < -0.3 is 10.2 Å². The molecule has 1 atom stereocenters. The van der Waals surface area contributed by atoms with Crippen LogP contribution in [0.4, 0.5) is 0 Å². The van der Waals surface area contributed by atoms with Crippen molar-refractivity contribution in [3.8, 4) is 0 Å². The normalized spacial score (nSPS) is 41.7. The Balaban J connectivity index is 1.67. The van der Waals surface area contributed by atoms with Crippen LogP contribution in [0.15, 0.2) is 10.5 Å². The molecular formula is C17H25NO. The van der Waals surface area contributed by atoms with Crippen LogP contribution in [0.5, 0.6) is 0 Å². The van der Waals surface area contributed by atoms with Crippen molar-refractivity contribution >= 4 is 0 Å². The predicted octanol–water partition coefficient (Wildman–Crippen LogP) is 4.15. The summed E-state index contributed by atoms with van der Waals surface area (Å²) in [5, 5.41) is 0. The average Bonchev–Trinajstić information content (AvgIpc) is 2.69. The summed E-state index contributed by atoms with van der Waals surface area (Å²) in [6.45, 7) is 4.12. The predicted molar refractivity (Wildman–Crippen MR) is 75.8 cm³/mol. The molecule has 4 saturated carbocycles. The van der Waals surface area contributed by atoms with Crippen LogP contribution in [-0.4, -0.2) is 0 Å². The fourth-order valence-electron chi connectivity index (χ4n) is 5.53. The molecule has 2 N–H and O–H groups in total. The monoisotopic (exact) mass is 259 g/mol. The molecule has 0 saturated heterocycles. The van der Waals surface area contributed by atoms with E-state index in [0.717, 1.165) is 29.4 Å². The number of nitrogens with two attached hydrogens (primary N) is 1. The molecule has 5 rings (SSSR count). The number of aryl methyl sites for hydroxylation is 1. The molecule has 4 aliphatic rings. The summed E-state index contributed by atoms with van der Waals surface area (Å²) in [6.07, 6.45) is 7.31. The molecule has 1 aromatic rings. The van der Waals surface area contributed by atoms with Crippen molar-refractivity contribution < 1.29 is 4.42 Å². The Morgan fingerprint density at radius 2 is 1.68 bits per heavy atom. The van der Waals surface area contributed by atoms with Crippen LogP contribution in [0, 0.1) is 30.6 Å². The van der Waals surface area contributed by atoms with Gasteiger partial charge in [0, 0.05) is 17.5 Å². The Morgan fingerprint density at radius 3 is 2.16 bits per heavy atom. The minimum absolute atomic E-state index is 0.0920. The van der Waals surface area contributed by atoms with Gasteiger partial charge >= 0.3 is 0 Å². The number of hydrogen-bond acceptors (Lipinski definition) is 2. The van der Waals surface area contributed by atoms with Crippen molar-refractivity contribution in [2.75, 3.05) is 0 Å². The molecular weight excluding hydrogens is 234 g/mol. The fourth-order valence-corrected chi connectivity index (χ4v) is 5.53. The van der Waals surface area contributed by atoms with Crippen molar-refractivity contribution in [2.24, 2.45) is 29.4 Å². The molecule has 104 valence electrons. The highest BCUT2D eigenvalue weighted by atomic mass is 16.3. The summed E-state index contributed by atoms with van der Waals surface area (Å²) in [6, 6.07) is 2.36. The Labute approximate surface area is 115 Å². The zero-order chi connectivity index (χ0) is 13.1. The highest BCUT2D eigenvalue weighted by molar-refractivity contribution is 5.27. The van der Waals surface area contributed by atoms with E-state index in [1.807, 2.05) is 0 Å². The highest BCUT2D eigenvalue weighted by Gasteiger charge is 2.49. The van der Waals surface area contributed by atoms with Gasteiger partial charge in [-0.1, -0.05) is 0 Å². The first kappa shape index (κ1) is 12.0. The molecule has 1 heterocycles. The van der Waals surface area contributed by atoms with E-state index in [1.165, 1.54) is 43.4 Å². The van der Waals surface area contributed by atoms with Crippen molar-refractivity contribution in [2.45, 2.75) is 57.9 Å². The largest absolute Gasteiger partial charge is 0.466 e. The van der Waals surface area contributed by atoms with Crippen LogP contribution in [0.3, 0.4) is 0 Å². The Kier molecular flexibility index (Phi) is 2.60. The molecule has 4 bridgehead atoms. The SMILES string of the molecule is Cc1oc(C2C3CC4CC(C3)CC2C4)cc1C(C)N. The first-order valence-electron chi connectivity index (χ1n) is 7.97. The molecule has 0 radical (unpaired) electrons. The summed E-state index contributed by atoms with van der Waals surface area (Å²) in [5.74, 6) is 6.83. The van der Waals surface area contributed by atoms with E-state index in [4.69, 9.17) is 10.2 Å². The topological polar surface area (TPSA) is 39.2 Å². The molecule has 2 heteroatoms. The van der Waals surface area contributed by atoms with Crippen LogP contribution in [0.1, 0.15) is 68.1 Å². The van der Waals surface area contributed by atoms with Gasteiger partial charge in [-0.25, -0.2) is 0 Å². The second kappa shape index (κ2) is 4.12. The molecule has 4 aliphatic carbocycles. The van der Waals surface area contributed by atoms with Crippen molar-refractivity contribution in [3.63, 3.8) is 0 Å². The summed E-state index contributed by atoms with van der Waals surface area (Å²) in [4.78, 5) is 0. The second-order valence-electron chi connectivity index (χ2n) is 7.41. The molecule has 0 aromatic carbocycles. The minimum atomic E-state index is 0.0920. The van der Waals surface area contributed by atoms with Gasteiger partial charge in [-0.15, -0.1) is 0 Å². The standard InChI is InChI=1S/C17H25NO/c1-9(18)15-8-16(19-10(15)2)17-13-4-11-3-12(6-13)7-14(17)5-11/h8-9,11-14,17H,3-7,18H2,1-2H3. The lowest BCUT2D eigenvalue weighted by molar-refractivity contribution is -0.00982. The van der Waals surface area contributed by atoms with Gasteiger partial charge in [-0.05, 0) is 75.7 Å². The van der Waals surface area contributed by atoms with Crippen molar-refractivity contribution in [1.29, 1.82) is 0 Å². The average molecular weight is 259 g/mol. The highest BCUT2D eigenvalue weighted by Crippen LogP contribution is 2.60. The van der Waals surface area contributed by atoms with Crippen molar-refractivity contribution in [3.05, 3.63) is 23.2 Å². The number of furan rings is 1. The zero-order valence-electron chi connectivity index (χ0n) is 12.1. The van der Waals surface area contributed by atoms with Crippen LogP contribution in [-0.2, 0) is 0 Å². The summed E-state index contributed by atoms with van der Waals surface area (Å²) in [7, 11) is 0. The Morgan fingerprint density at radius 1 is 1.11 bits per heavy atom. The first-order chi connectivity index (χ1) is 9.11. The van der Waals surface area contributed by atoms with Crippen LogP contribution < -0.4 is 5.73 Å². The fraction of sp³-hybridized carbons (Fsp3) is 0.765. The van der Waals surface area contributed by atoms with E-state index in [9.17, 15) is 0 Å². The molecule has 0 aliphatic heterocycles. The van der Waals surface area contributed by atoms with E-state index >= 15 is 0 Å². The molecule has 19 heavy (non-hydrogen) atoms. The van der Waals surface area contributed by atoms with E-state index in [0.29, 0.717) is 5.92 Å². The van der Waals surface area contributed by atoms with E-state index in [2.05, 4.69) is 19.9 Å². The molecule has 2 nitrogen and oxygen atoms in total. The maximum absolute atomic E-state index is 6.12. The lowest BCUT2D eigenvalue weighted by atomic mass is 9.51. The first-order valence-corrected chi connectivity index (χ1v) is 7.97. The number of hydrogen-bond donors (Lipinski definition) is 1. The molecule has 1 unspecified atom stereocenters. The van der Waals surface area contributed by atoms with Crippen LogP contribution >= 0.6 is 0 Å². The molecule has 0 spiro atoms. The molecule has 1 aromatic heterocycles. The van der Waals surface area contributed by atoms with Crippen molar-refractivity contribution in [1.82, 2.24) is 0 Å². The van der Waals surface area contributed by atoms with Gasteiger partial charge in [0.15, 0.2) is 0 Å². The zero-order valence-corrected chi connectivity index (χ0v) is 12.1. The summed E-state index contributed by atoms with van der Waals surface area (Å²) < 4.78 is 6.12. The van der Waals surface area contributed by atoms with Gasteiger partial charge in [-0.3, -0.25) is 0 Å². The van der Waals surface area contributed by atoms with E-state index in [-0.39, 0.29) is 6.04 Å². The quantitative estimate of drug-likeness (QED) is 0.866. The maximum atomic E-state index is 6.12. The third-order valence-electron chi connectivity index (χ3n) is 6.02. The third kappa shape index (κ3) is 1.79. The Bertz CT molecular complexity index is 459. The maximum Gasteiger partial charge on any atom is 0.108 e. The lowest BCUT2D eigenvalue weighted by Crippen LogP contribution is -2.43. The van der Waals surface area contributed by atoms with Crippen LogP contribution in [0.2, 0.25) is 0 Å². The van der Waals surface area contributed by atoms with Crippen LogP contribution in [0.25, 0.3) is 0 Å². The third-order valence-corrected chi connectivity index (χ3v) is 6.02. The van der Waals surface area contributed by atoms with Gasteiger partial charge in [0.2, 0.25) is 0 Å². The minimum Gasteiger partial charge on any atom is -0.466 e. The Hall–Kier alpha value is -0.760. The number of rotatable bonds is 2. The summed E-state index contributed by atoms with van der Waals surface area (Å²) in [5.41, 5.74) is 7.25. The molecule has 0 amide bonds. The van der Waals surface area contributed by atoms with Gasteiger partial charge in [0.25, 0.3) is 0 Å². The van der Waals surface area contributed by atoms with E-state index < -0.39 is 0 Å². The van der Waals surface area contributed by atoms with Gasteiger partial charge in [-0.2, -0.15) is 0 Å². The van der Waals surface area contributed by atoms with Gasteiger partial charge in [0.05, 0.1) is 0 Å². The molecule has 4 fully saturated rings. The van der Waals surface area contributed by atoms with E-state index in [1.54, 1.807) is 0 Å². The summed E-state index contributed by atoms with van der Waals surface area (Å²) >= 11 is 0.